The number of carbonyl (C=O) groups excluding carboxylic acids is 1. The smallest absolute Gasteiger partial charge is 0.273 e. The fraction of sp³-hybridized carbons (Fsp3) is 0.360. The molecule has 3 N–H and O–H groups in total. The standard InChI is InChI=1S/C25H29N3O4/c1-16(2)11-14-32-18-8-5-7-17(15-18)24-21-22(19-9-3-4-10-20(19)30)26-27-23(21)25(31)28(24)12-6-13-29/h3-5,7-10,15-16,24,29-30H,6,11-14H2,1-2H3,(H,26,27)/t24-/m0/s1. The van der Waals surface area contributed by atoms with Crippen LogP contribution in [-0.2, 0) is 0 Å². The number of carbonyl (C=O) groups is 1. The molecule has 0 radical (unpaired) electrons. The van der Waals surface area contributed by atoms with E-state index in [2.05, 4.69) is 24.0 Å². The number of nitrogens with one attached hydrogen (secondary N) is 1. The topological polar surface area (TPSA) is 98.7 Å². The minimum Gasteiger partial charge on any atom is -0.507 e. The lowest BCUT2D eigenvalue weighted by atomic mass is 9.95. The van der Waals surface area contributed by atoms with Crippen molar-refractivity contribution in [2.75, 3.05) is 19.8 Å². The number of aliphatic hydroxyl groups is 1. The van der Waals surface area contributed by atoms with Gasteiger partial charge in [-0.05, 0) is 48.6 Å². The zero-order valence-corrected chi connectivity index (χ0v) is 18.4. The van der Waals surface area contributed by atoms with E-state index in [9.17, 15) is 15.0 Å². The van der Waals surface area contributed by atoms with E-state index in [1.54, 1.807) is 23.1 Å². The van der Waals surface area contributed by atoms with Gasteiger partial charge in [0.05, 0.1) is 12.6 Å². The van der Waals surface area contributed by atoms with Gasteiger partial charge in [0.15, 0.2) is 0 Å². The molecule has 1 amide bonds. The van der Waals surface area contributed by atoms with Crippen LogP contribution in [0.2, 0.25) is 0 Å². The minimum atomic E-state index is -0.397. The van der Waals surface area contributed by atoms with Crippen LogP contribution in [0, 0.1) is 5.92 Å². The van der Waals surface area contributed by atoms with Gasteiger partial charge in [0, 0.05) is 24.3 Å². The van der Waals surface area contributed by atoms with E-state index in [-0.39, 0.29) is 18.3 Å². The van der Waals surface area contributed by atoms with Crippen molar-refractivity contribution < 1.29 is 19.7 Å². The average molecular weight is 436 g/mol. The molecule has 0 unspecified atom stereocenters. The number of rotatable bonds is 9. The number of amides is 1. The lowest BCUT2D eigenvalue weighted by Gasteiger charge is -2.26. The third-order valence-electron chi connectivity index (χ3n) is 5.72. The second-order valence-electron chi connectivity index (χ2n) is 8.46. The molecule has 1 aliphatic heterocycles. The number of benzene rings is 2. The Morgan fingerprint density at radius 2 is 2.00 bits per heavy atom. The van der Waals surface area contributed by atoms with Gasteiger partial charge < -0.3 is 19.8 Å². The van der Waals surface area contributed by atoms with Crippen molar-refractivity contribution >= 4 is 5.91 Å². The molecule has 1 atom stereocenters. The third-order valence-corrected chi connectivity index (χ3v) is 5.72. The Balaban J connectivity index is 1.76. The van der Waals surface area contributed by atoms with E-state index in [1.807, 2.05) is 30.3 Å². The second kappa shape index (κ2) is 9.44. The quantitative estimate of drug-likeness (QED) is 0.469. The summed E-state index contributed by atoms with van der Waals surface area (Å²) in [5, 5.41) is 27.1. The molecule has 7 heteroatoms. The summed E-state index contributed by atoms with van der Waals surface area (Å²) in [6, 6.07) is 14.3. The first-order chi connectivity index (χ1) is 15.5. The van der Waals surface area contributed by atoms with Gasteiger partial charge in [0.1, 0.15) is 22.9 Å². The van der Waals surface area contributed by atoms with Crippen molar-refractivity contribution in [1.82, 2.24) is 15.1 Å². The van der Waals surface area contributed by atoms with Crippen LogP contribution < -0.4 is 4.74 Å². The predicted molar refractivity (Wildman–Crippen MR) is 122 cm³/mol. The van der Waals surface area contributed by atoms with E-state index in [0.29, 0.717) is 42.4 Å². The van der Waals surface area contributed by atoms with Crippen molar-refractivity contribution in [2.45, 2.75) is 32.7 Å². The number of aromatic amines is 1. The molecule has 0 fully saturated rings. The number of ether oxygens (including phenoxy) is 1. The number of nitrogens with zero attached hydrogens (tertiary/aromatic N) is 2. The molecule has 1 aromatic heterocycles. The van der Waals surface area contributed by atoms with Crippen LogP contribution >= 0.6 is 0 Å². The molecule has 32 heavy (non-hydrogen) atoms. The number of hydrogen-bond acceptors (Lipinski definition) is 5. The van der Waals surface area contributed by atoms with E-state index >= 15 is 0 Å². The average Bonchev–Trinajstić information content (AvgIpc) is 3.31. The third kappa shape index (κ3) is 4.21. The Labute approximate surface area is 187 Å². The first kappa shape index (κ1) is 21.9. The molecule has 2 aromatic carbocycles. The molecule has 0 aliphatic carbocycles. The van der Waals surface area contributed by atoms with Crippen LogP contribution in [0.15, 0.2) is 48.5 Å². The van der Waals surface area contributed by atoms with Crippen molar-refractivity contribution in [1.29, 1.82) is 0 Å². The van der Waals surface area contributed by atoms with Gasteiger partial charge in [0.2, 0.25) is 0 Å². The number of H-pyrrole nitrogens is 1. The number of phenolic OH excluding ortho intramolecular Hbond substituents is 1. The van der Waals surface area contributed by atoms with E-state index < -0.39 is 6.04 Å². The van der Waals surface area contributed by atoms with Crippen LogP contribution in [-0.4, -0.2) is 51.0 Å². The molecule has 1 aliphatic rings. The zero-order chi connectivity index (χ0) is 22.7. The number of aromatic hydroxyl groups is 1. The summed E-state index contributed by atoms with van der Waals surface area (Å²) in [4.78, 5) is 15.0. The maximum absolute atomic E-state index is 13.2. The molecule has 3 aromatic rings. The van der Waals surface area contributed by atoms with Crippen molar-refractivity contribution in [3.05, 3.63) is 65.4 Å². The Morgan fingerprint density at radius 3 is 2.75 bits per heavy atom. The number of aromatic nitrogens is 2. The van der Waals surface area contributed by atoms with Gasteiger partial charge in [-0.2, -0.15) is 5.10 Å². The number of para-hydroxylation sites is 1. The summed E-state index contributed by atoms with van der Waals surface area (Å²) in [7, 11) is 0. The SMILES string of the molecule is CC(C)CCOc1cccc([C@H]2c3c(-c4ccccc4O)n[nH]c3C(=O)N2CCCO)c1. The maximum atomic E-state index is 13.2. The predicted octanol–water partition coefficient (Wildman–Crippen LogP) is 4.13. The normalized spacial score (nSPS) is 15.4. The number of aliphatic hydroxyl groups excluding tert-OH is 1. The van der Waals surface area contributed by atoms with Crippen LogP contribution in [0.5, 0.6) is 11.5 Å². The molecule has 168 valence electrons. The fourth-order valence-electron chi connectivity index (χ4n) is 4.08. The second-order valence-corrected chi connectivity index (χ2v) is 8.46. The summed E-state index contributed by atoms with van der Waals surface area (Å²) < 4.78 is 5.96. The number of fused-ring (bicyclic) bond motifs is 1. The van der Waals surface area contributed by atoms with Gasteiger partial charge in [-0.15, -0.1) is 0 Å². The highest BCUT2D eigenvalue weighted by Gasteiger charge is 2.42. The van der Waals surface area contributed by atoms with Gasteiger partial charge in [-0.3, -0.25) is 9.89 Å². The van der Waals surface area contributed by atoms with Gasteiger partial charge >= 0.3 is 0 Å². The molecular formula is C25H29N3O4. The van der Waals surface area contributed by atoms with Crippen molar-refractivity contribution in [3.8, 4) is 22.8 Å². The first-order valence-electron chi connectivity index (χ1n) is 11.0. The zero-order valence-electron chi connectivity index (χ0n) is 18.4. The molecule has 4 rings (SSSR count). The van der Waals surface area contributed by atoms with Gasteiger partial charge in [0.25, 0.3) is 5.91 Å². The lowest BCUT2D eigenvalue weighted by molar-refractivity contribution is 0.0732. The molecule has 0 saturated carbocycles. The van der Waals surface area contributed by atoms with Crippen molar-refractivity contribution in [2.24, 2.45) is 5.92 Å². The molecule has 0 saturated heterocycles. The lowest BCUT2D eigenvalue weighted by Crippen LogP contribution is -2.31. The fourth-order valence-corrected chi connectivity index (χ4v) is 4.08. The molecule has 7 nitrogen and oxygen atoms in total. The Kier molecular flexibility index (Phi) is 6.46. The Bertz CT molecular complexity index is 1090. The molecule has 0 spiro atoms. The maximum Gasteiger partial charge on any atom is 0.273 e. The van der Waals surface area contributed by atoms with E-state index in [4.69, 9.17) is 4.74 Å². The van der Waals surface area contributed by atoms with Gasteiger partial charge in [-0.25, -0.2) is 0 Å². The van der Waals surface area contributed by atoms with Crippen LogP contribution in [0.1, 0.15) is 54.3 Å². The number of hydrogen-bond donors (Lipinski definition) is 3. The van der Waals surface area contributed by atoms with Crippen LogP contribution in [0.25, 0.3) is 11.3 Å². The van der Waals surface area contributed by atoms with Crippen LogP contribution in [0.4, 0.5) is 0 Å². The summed E-state index contributed by atoms with van der Waals surface area (Å²) in [6.45, 7) is 5.33. The Morgan fingerprint density at radius 1 is 1.19 bits per heavy atom. The highest BCUT2D eigenvalue weighted by molar-refractivity contribution is 6.00. The van der Waals surface area contributed by atoms with Gasteiger partial charge in [-0.1, -0.05) is 38.1 Å². The molecular weight excluding hydrogens is 406 g/mol. The van der Waals surface area contributed by atoms with Crippen molar-refractivity contribution in [3.63, 3.8) is 0 Å². The first-order valence-corrected chi connectivity index (χ1v) is 11.0. The molecule has 2 heterocycles. The minimum absolute atomic E-state index is 0.00658. The largest absolute Gasteiger partial charge is 0.507 e. The molecule has 0 bridgehead atoms. The summed E-state index contributed by atoms with van der Waals surface area (Å²) in [6.07, 6.45) is 1.43. The number of phenols is 1. The van der Waals surface area contributed by atoms with Crippen LogP contribution in [0.3, 0.4) is 0 Å². The Hall–Kier alpha value is -3.32. The monoisotopic (exact) mass is 435 g/mol. The van der Waals surface area contributed by atoms with E-state index in [1.165, 1.54) is 0 Å². The summed E-state index contributed by atoms with van der Waals surface area (Å²) in [5.74, 6) is 1.24. The summed E-state index contributed by atoms with van der Waals surface area (Å²) in [5.41, 5.74) is 3.16. The highest BCUT2D eigenvalue weighted by Crippen LogP contribution is 2.44. The van der Waals surface area contributed by atoms with E-state index in [0.717, 1.165) is 23.3 Å². The summed E-state index contributed by atoms with van der Waals surface area (Å²) >= 11 is 0. The highest BCUT2D eigenvalue weighted by atomic mass is 16.5.